The van der Waals surface area contributed by atoms with Crippen molar-refractivity contribution in [1.29, 1.82) is 0 Å². The highest BCUT2D eigenvalue weighted by Gasteiger charge is 2.09. The molecule has 3 N–H and O–H groups in total. The first-order chi connectivity index (χ1) is 13.2. The molecule has 2 amide bonds. The number of aromatic hydroxyl groups is 1. The highest BCUT2D eigenvalue weighted by molar-refractivity contribution is 5.89. The highest BCUT2D eigenvalue weighted by Crippen LogP contribution is 2.29. The minimum Gasteiger partial charge on any atom is -0.504 e. The molecular weight excluding hydrogens is 344 g/mol. The van der Waals surface area contributed by atoms with Gasteiger partial charge in [-0.05, 0) is 42.5 Å². The van der Waals surface area contributed by atoms with E-state index in [1.54, 1.807) is 42.5 Å². The number of anilines is 1. The van der Waals surface area contributed by atoms with Crippen molar-refractivity contribution in [3.8, 4) is 23.0 Å². The average molecular weight is 364 g/mol. The van der Waals surface area contributed by atoms with Crippen LogP contribution in [0.5, 0.6) is 23.0 Å². The maximum atomic E-state index is 12.1. The van der Waals surface area contributed by atoms with E-state index in [0.29, 0.717) is 22.7 Å². The molecule has 27 heavy (non-hydrogen) atoms. The van der Waals surface area contributed by atoms with Gasteiger partial charge in [0.05, 0.1) is 7.11 Å². The van der Waals surface area contributed by atoms with Gasteiger partial charge in [0.15, 0.2) is 11.5 Å². The van der Waals surface area contributed by atoms with Crippen molar-refractivity contribution in [1.82, 2.24) is 5.32 Å². The molecule has 0 saturated carbocycles. The summed E-state index contributed by atoms with van der Waals surface area (Å²) in [6.45, 7) is 0.171. The van der Waals surface area contributed by atoms with Crippen molar-refractivity contribution in [2.75, 3.05) is 12.4 Å². The van der Waals surface area contributed by atoms with Crippen LogP contribution in [0.2, 0.25) is 0 Å². The number of ether oxygens (including phenoxy) is 2. The summed E-state index contributed by atoms with van der Waals surface area (Å²) in [5, 5.41) is 15.5. The minimum atomic E-state index is -0.381. The summed E-state index contributed by atoms with van der Waals surface area (Å²) in [7, 11) is 1.48. The number of methoxy groups -OCH3 is 1. The van der Waals surface area contributed by atoms with E-state index in [0.717, 1.165) is 5.75 Å². The van der Waals surface area contributed by atoms with E-state index in [4.69, 9.17) is 9.47 Å². The van der Waals surface area contributed by atoms with Gasteiger partial charge in [0.25, 0.3) is 0 Å². The number of phenols is 1. The molecule has 138 valence electrons. The van der Waals surface area contributed by atoms with E-state index >= 15 is 0 Å². The predicted molar refractivity (Wildman–Crippen MR) is 103 cm³/mol. The largest absolute Gasteiger partial charge is 0.504 e. The highest BCUT2D eigenvalue weighted by atomic mass is 16.5. The minimum absolute atomic E-state index is 0.0164. The molecule has 0 saturated heterocycles. The summed E-state index contributed by atoms with van der Waals surface area (Å²) in [5.41, 5.74) is 1.19. The number of hydrogen-bond acceptors (Lipinski definition) is 4. The van der Waals surface area contributed by atoms with Crippen molar-refractivity contribution in [3.63, 3.8) is 0 Å². The fraction of sp³-hybridized carbons (Fsp3) is 0.0952. The molecule has 0 unspecified atom stereocenters. The van der Waals surface area contributed by atoms with Gasteiger partial charge in [-0.2, -0.15) is 0 Å². The molecule has 3 aromatic rings. The summed E-state index contributed by atoms with van der Waals surface area (Å²) in [6.07, 6.45) is 0. The van der Waals surface area contributed by atoms with Gasteiger partial charge in [-0.15, -0.1) is 0 Å². The van der Waals surface area contributed by atoms with Crippen LogP contribution in [-0.4, -0.2) is 18.2 Å². The van der Waals surface area contributed by atoms with Crippen LogP contribution in [0.4, 0.5) is 10.5 Å². The van der Waals surface area contributed by atoms with Crippen LogP contribution in [0.25, 0.3) is 0 Å². The second-order valence-electron chi connectivity index (χ2n) is 5.72. The average Bonchev–Trinajstić information content (AvgIpc) is 2.69. The van der Waals surface area contributed by atoms with Gasteiger partial charge in [0.1, 0.15) is 11.5 Å². The van der Waals surface area contributed by atoms with Crippen molar-refractivity contribution >= 4 is 11.7 Å². The Balaban J connectivity index is 1.54. The maximum Gasteiger partial charge on any atom is 0.319 e. The Morgan fingerprint density at radius 2 is 1.63 bits per heavy atom. The number of carbonyl (C=O) groups excluding carboxylic acids is 1. The molecule has 0 radical (unpaired) electrons. The molecule has 0 fully saturated rings. The van der Waals surface area contributed by atoms with Gasteiger partial charge in [-0.25, -0.2) is 4.79 Å². The zero-order valence-electron chi connectivity index (χ0n) is 14.8. The Hall–Kier alpha value is -3.67. The van der Waals surface area contributed by atoms with Gasteiger partial charge in [-0.3, -0.25) is 0 Å². The third kappa shape index (κ3) is 4.92. The lowest BCUT2D eigenvalue weighted by molar-refractivity contribution is 0.251. The van der Waals surface area contributed by atoms with Crippen molar-refractivity contribution < 1.29 is 19.4 Å². The molecule has 3 rings (SSSR count). The van der Waals surface area contributed by atoms with Crippen molar-refractivity contribution in [2.24, 2.45) is 0 Å². The number of nitrogens with one attached hydrogen (secondary N) is 2. The Morgan fingerprint density at radius 3 is 2.33 bits per heavy atom. The first kappa shape index (κ1) is 18.1. The van der Waals surface area contributed by atoms with Crippen LogP contribution in [-0.2, 0) is 6.54 Å². The Kier molecular flexibility index (Phi) is 5.79. The van der Waals surface area contributed by atoms with E-state index in [1.165, 1.54) is 7.11 Å². The second-order valence-corrected chi connectivity index (χ2v) is 5.72. The maximum absolute atomic E-state index is 12.1. The van der Waals surface area contributed by atoms with Crippen LogP contribution < -0.4 is 20.1 Å². The SMILES string of the molecule is COc1cccc(CNC(=O)Nc2ccc(Oc3ccccc3)cc2)c1O. The third-order valence-electron chi connectivity index (χ3n) is 3.83. The molecule has 6 nitrogen and oxygen atoms in total. The zero-order chi connectivity index (χ0) is 19.1. The van der Waals surface area contributed by atoms with E-state index in [2.05, 4.69) is 10.6 Å². The van der Waals surface area contributed by atoms with Gasteiger partial charge < -0.3 is 25.2 Å². The smallest absolute Gasteiger partial charge is 0.319 e. The molecule has 0 aliphatic rings. The molecule has 0 aliphatic carbocycles. The molecular formula is C21H20N2O4. The molecule has 0 heterocycles. The second kappa shape index (κ2) is 8.62. The van der Waals surface area contributed by atoms with Crippen LogP contribution >= 0.6 is 0 Å². The summed E-state index contributed by atoms with van der Waals surface area (Å²) >= 11 is 0. The quantitative estimate of drug-likeness (QED) is 0.601. The van der Waals surface area contributed by atoms with E-state index in [-0.39, 0.29) is 18.3 Å². The van der Waals surface area contributed by atoms with E-state index < -0.39 is 0 Å². The number of carbonyl (C=O) groups is 1. The van der Waals surface area contributed by atoms with Crippen LogP contribution in [0, 0.1) is 0 Å². The first-order valence-corrected chi connectivity index (χ1v) is 8.38. The zero-order valence-corrected chi connectivity index (χ0v) is 14.8. The summed E-state index contributed by atoms with van der Waals surface area (Å²) in [5.74, 6) is 1.80. The molecule has 6 heteroatoms. The van der Waals surface area contributed by atoms with Crippen LogP contribution in [0.1, 0.15) is 5.56 Å². The van der Waals surface area contributed by atoms with E-state index in [9.17, 15) is 9.90 Å². The van der Waals surface area contributed by atoms with Crippen LogP contribution in [0.3, 0.4) is 0 Å². The van der Waals surface area contributed by atoms with Gasteiger partial charge in [0.2, 0.25) is 0 Å². The normalized spacial score (nSPS) is 10.1. The third-order valence-corrected chi connectivity index (χ3v) is 3.83. The van der Waals surface area contributed by atoms with Crippen LogP contribution in [0.15, 0.2) is 72.8 Å². The summed E-state index contributed by atoms with van der Waals surface area (Å²) < 4.78 is 10.8. The lowest BCUT2D eigenvalue weighted by atomic mass is 10.2. The summed E-state index contributed by atoms with van der Waals surface area (Å²) in [6, 6.07) is 21.2. The number of phenolic OH excluding ortho intramolecular Hbond substituents is 1. The number of para-hydroxylation sites is 2. The standard InChI is InChI=1S/C21H20N2O4/c1-26-19-9-5-6-15(20(19)24)14-22-21(25)23-16-10-12-18(13-11-16)27-17-7-3-2-4-8-17/h2-13,24H,14H2,1H3,(H2,22,23,25). The Morgan fingerprint density at radius 1 is 0.926 bits per heavy atom. The van der Waals surface area contributed by atoms with E-state index in [1.807, 2.05) is 30.3 Å². The molecule has 0 aromatic heterocycles. The lowest BCUT2D eigenvalue weighted by Gasteiger charge is -2.11. The predicted octanol–water partition coefficient (Wildman–Crippen LogP) is 4.51. The molecule has 3 aromatic carbocycles. The number of amides is 2. The topological polar surface area (TPSA) is 79.8 Å². The Bertz CT molecular complexity index is 896. The monoisotopic (exact) mass is 364 g/mol. The molecule has 0 spiro atoms. The lowest BCUT2D eigenvalue weighted by Crippen LogP contribution is -2.28. The fourth-order valence-corrected chi connectivity index (χ4v) is 2.46. The van der Waals surface area contributed by atoms with Gasteiger partial charge in [0, 0.05) is 17.8 Å². The number of hydrogen-bond donors (Lipinski definition) is 3. The molecule has 0 aliphatic heterocycles. The Labute approximate surface area is 157 Å². The molecule has 0 bridgehead atoms. The molecule has 0 atom stereocenters. The van der Waals surface area contributed by atoms with Crippen molar-refractivity contribution in [3.05, 3.63) is 78.4 Å². The number of benzene rings is 3. The first-order valence-electron chi connectivity index (χ1n) is 8.38. The number of rotatable bonds is 6. The summed E-state index contributed by atoms with van der Waals surface area (Å²) in [4.78, 5) is 12.1. The number of urea groups is 1. The van der Waals surface area contributed by atoms with Gasteiger partial charge >= 0.3 is 6.03 Å². The van der Waals surface area contributed by atoms with Gasteiger partial charge in [-0.1, -0.05) is 30.3 Å². The van der Waals surface area contributed by atoms with Crippen molar-refractivity contribution in [2.45, 2.75) is 6.54 Å². The fourth-order valence-electron chi connectivity index (χ4n) is 2.46.